The molecule has 3 aromatic carbocycles. The summed E-state index contributed by atoms with van der Waals surface area (Å²) in [6, 6.07) is 26.0. The Bertz CT molecular complexity index is 1200. The van der Waals surface area contributed by atoms with Crippen molar-refractivity contribution in [3.8, 4) is 0 Å². The second kappa shape index (κ2) is 12.3. The number of urea groups is 1. The van der Waals surface area contributed by atoms with Gasteiger partial charge in [-0.25, -0.2) is 9.59 Å². The molecule has 0 aromatic heterocycles. The third-order valence-corrected chi connectivity index (χ3v) is 6.05. The standard InChI is InChI=1S/C28H28N4O5/c33-26(18-29-28(36)31-23-13-7-8-20(16-23)17-30-37-19-27(34)35)32-24(21-9-3-1-4-10-21)14-15-25(32)22-11-5-2-6-12-22/h1-13,16-17,24-25H,14-15,18-19H2,(H,34,35)(H2,29,31,36)/b30-17+. The average Bonchev–Trinajstić information content (AvgIpc) is 3.36. The van der Waals surface area contributed by atoms with Gasteiger partial charge in [0.1, 0.15) is 0 Å². The zero-order chi connectivity index (χ0) is 26.0. The van der Waals surface area contributed by atoms with Crippen molar-refractivity contribution in [1.29, 1.82) is 0 Å². The first-order chi connectivity index (χ1) is 18.0. The maximum atomic E-state index is 13.4. The van der Waals surface area contributed by atoms with E-state index in [1.807, 2.05) is 65.6 Å². The minimum atomic E-state index is -1.13. The number of hydrogen-bond donors (Lipinski definition) is 3. The smallest absolute Gasteiger partial charge is 0.344 e. The fourth-order valence-corrected chi connectivity index (χ4v) is 4.47. The molecule has 3 N–H and O–H groups in total. The van der Waals surface area contributed by atoms with Crippen LogP contribution in [0.25, 0.3) is 0 Å². The maximum Gasteiger partial charge on any atom is 0.344 e. The van der Waals surface area contributed by atoms with Crippen LogP contribution in [0.15, 0.2) is 90.1 Å². The van der Waals surface area contributed by atoms with Crippen LogP contribution in [0.1, 0.15) is 41.6 Å². The van der Waals surface area contributed by atoms with E-state index >= 15 is 0 Å². The Morgan fingerprint density at radius 2 is 1.54 bits per heavy atom. The lowest BCUT2D eigenvalue weighted by Crippen LogP contribution is -2.42. The van der Waals surface area contributed by atoms with E-state index in [4.69, 9.17) is 5.11 Å². The van der Waals surface area contributed by atoms with Crippen LogP contribution in [0.3, 0.4) is 0 Å². The zero-order valence-electron chi connectivity index (χ0n) is 20.1. The highest BCUT2D eigenvalue weighted by molar-refractivity contribution is 5.93. The third-order valence-electron chi connectivity index (χ3n) is 6.05. The predicted octanol–water partition coefficient (Wildman–Crippen LogP) is 4.35. The Morgan fingerprint density at radius 1 is 0.919 bits per heavy atom. The van der Waals surface area contributed by atoms with Crippen molar-refractivity contribution >= 4 is 29.8 Å². The highest BCUT2D eigenvalue weighted by atomic mass is 16.6. The topological polar surface area (TPSA) is 120 Å². The molecule has 190 valence electrons. The molecule has 9 heteroatoms. The summed E-state index contributed by atoms with van der Waals surface area (Å²) in [5, 5.41) is 17.5. The second-order valence-electron chi connectivity index (χ2n) is 8.57. The van der Waals surface area contributed by atoms with E-state index in [0.717, 1.165) is 24.0 Å². The van der Waals surface area contributed by atoms with Crippen molar-refractivity contribution < 1.29 is 24.3 Å². The molecule has 0 saturated carbocycles. The van der Waals surface area contributed by atoms with Crippen molar-refractivity contribution in [3.05, 3.63) is 102 Å². The van der Waals surface area contributed by atoms with Gasteiger partial charge in [-0.15, -0.1) is 0 Å². The summed E-state index contributed by atoms with van der Waals surface area (Å²) in [7, 11) is 0. The summed E-state index contributed by atoms with van der Waals surface area (Å²) in [5.74, 6) is -1.29. The normalized spacial score (nSPS) is 16.9. The number of carboxylic acid groups (broad SMARTS) is 1. The molecule has 2 unspecified atom stereocenters. The fraction of sp³-hybridized carbons (Fsp3) is 0.214. The molecule has 0 aliphatic carbocycles. The lowest BCUT2D eigenvalue weighted by Gasteiger charge is -2.31. The molecule has 0 radical (unpaired) electrons. The lowest BCUT2D eigenvalue weighted by molar-refractivity contribution is -0.142. The molecule has 1 fully saturated rings. The SMILES string of the molecule is O=C(O)CO/N=C/c1cccc(NC(=O)NCC(=O)N2C(c3ccccc3)CCC2c2ccccc2)c1. The molecule has 9 nitrogen and oxygen atoms in total. The van der Waals surface area contributed by atoms with Gasteiger partial charge in [-0.3, -0.25) is 4.79 Å². The third kappa shape index (κ3) is 6.94. The van der Waals surface area contributed by atoms with E-state index in [-0.39, 0.29) is 24.5 Å². The van der Waals surface area contributed by atoms with Gasteiger partial charge in [0, 0.05) is 5.69 Å². The summed E-state index contributed by atoms with van der Waals surface area (Å²) < 4.78 is 0. The first kappa shape index (κ1) is 25.4. The van der Waals surface area contributed by atoms with E-state index in [1.165, 1.54) is 6.21 Å². The van der Waals surface area contributed by atoms with Crippen molar-refractivity contribution in [2.45, 2.75) is 24.9 Å². The van der Waals surface area contributed by atoms with Crippen LogP contribution in [0, 0.1) is 0 Å². The molecule has 1 saturated heterocycles. The molecule has 37 heavy (non-hydrogen) atoms. The van der Waals surface area contributed by atoms with Gasteiger partial charge >= 0.3 is 12.0 Å². The number of carboxylic acids is 1. The van der Waals surface area contributed by atoms with Gasteiger partial charge in [-0.2, -0.15) is 0 Å². The Morgan fingerprint density at radius 3 is 2.14 bits per heavy atom. The van der Waals surface area contributed by atoms with Crippen LogP contribution in [-0.2, 0) is 14.4 Å². The van der Waals surface area contributed by atoms with Gasteiger partial charge in [0.15, 0.2) is 0 Å². The Hall–Kier alpha value is -4.66. The highest BCUT2D eigenvalue weighted by Crippen LogP contribution is 2.43. The van der Waals surface area contributed by atoms with Crippen LogP contribution in [-0.4, -0.2) is 47.3 Å². The summed E-state index contributed by atoms with van der Waals surface area (Å²) >= 11 is 0. The van der Waals surface area contributed by atoms with Crippen molar-refractivity contribution in [2.24, 2.45) is 5.16 Å². The molecule has 3 amide bonds. The number of rotatable bonds is 9. The van der Waals surface area contributed by atoms with Gasteiger partial charge in [-0.05, 0) is 41.7 Å². The molecule has 1 aliphatic heterocycles. The molecule has 1 heterocycles. The minimum absolute atomic E-state index is 0.0666. The van der Waals surface area contributed by atoms with Crippen molar-refractivity contribution in [1.82, 2.24) is 10.2 Å². The fourth-order valence-electron chi connectivity index (χ4n) is 4.47. The number of anilines is 1. The minimum Gasteiger partial charge on any atom is -0.479 e. The van der Waals surface area contributed by atoms with Crippen molar-refractivity contribution in [3.63, 3.8) is 0 Å². The summed E-state index contributed by atoms with van der Waals surface area (Å²) in [6.45, 7) is -0.694. The zero-order valence-corrected chi connectivity index (χ0v) is 20.1. The van der Waals surface area contributed by atoms with E-state index < -0.39 is 18.6 Å². The first-order valence-corrected chi connectivity index (χ1v) is 11.9. The molecule has 4 rings (SSSR count). The Labute approximate surface area is 214 Å². The molecule has 2 atom stereocenters. The van der Waals surface area contributed by atoms with E-state index in [2.05, 4.69) is 20.6 Å². The van der Waals surface area contributed by atoms with Gasteiger partial charge in [0.05, 0.1) is 24.8 Å². The van der Waals surface area contributed by atoms with Gasteiger partial charge in [0.2, 0.25) is 12.5 Å². The number of amides is 3. The van der Waals surface area contributed by atoms with Crippen LogP contribution in [0.4, 0.5) is 10.5 Å². The first-order valence-electron chi connectivity index (χ1n) is 11.9. The Balaban J connectivity index is 1.39. The largest absolute Gasteiger partial charge is 0.479 e. The number of benzene rings is 3. The maximum absolute atomic E-state index is 13.4. The molecule has 0 spiro atoms. The lowest BCUT2D eigenvalue weighted by atomic mass is 10.0. The number of carbonyl (C=O) groups excluding carboxylic acids is 2. The number of hydrogen-bond acceptors (Lipinski definition) is 5. The highest BCUT2D eigenvalue weighted by Gasteiger charge is 2.38. The number of carbonyl (C=O) groups is 3. The molecule has 0 bridgehead atoms. The molecule has 3 aromatic rings. The van der Waals surface area contributed by atoms with E-state index in [0.29, 0.717) is 11.3 Å². The summed E-state index contributed by atoms with van der Waals surface area (Å²) in [5.41, 5.74) is 3.24. The summed E-state index contributed by atoms with van der Waals surface area (Å²) in [4.78, 5) is 43.0. The van der Waals surface area contributed by atoms with Gasteiger partial charge < -0.3 is 25.5 Å². The van der Waals surface area contributed by atoms with Crippen LogP contribution < -0.4 is 10.6 Å². The monoisotopic (exact) mass is 500 g/mol. The van der Waals surface area contributed by atoms with E-state index in [9.17, 15) is 14.4 Å². The number of likely N-dealkylation sites (tertiary alicyclic amines) is 1. The number of oxime groups is 1. The number of nitrogens with zero attached hydrogens (tertiary/aromatic N) is 2. The number of nitrogens with one attached hydrogen (secondary N) is 2. The van der Waals surface area contributed by atoms with E-state index in [1.54, 1.807) is 24.3 Å². The van der Waals surface area contributed by atoms with Crippen LogP contribution in [0.5, 0.6) is 0 Å². The number of aliphatic carboxylic acids is 1. The van der Waals surface area contributed by atoms with Gasteiger partial charge in [-0.1, -0.05) is 78.0 Å². The molecular weight excluding hydrogens is 472 g/mol. The predicted molar refractivity (Wildman–Crippen MR) is 139 cm³/mol. The molecular formula is C28H28N4O5. The van der Waals surface area contributed by atoms with Crippen LogP contribution in [0.2, 0.25) is 0 Å². The van der Waals surface area contributed by atoms with Crippen LogP contribution >= 0.6 is 0 Å². The van der Waals surface area contributed by atoms with Crippen molar-refractivity contribution in [2.75, 3.05) is 18.5 Å². The quantitative estimate of drug-likeness (QED) is 0.298. The summed E-state index contributed by atoms with van der Waals surface area (Å²) in [6.07, 6.45) is 3.02. The Kier molecular flexibility index (Phi) is 8.49. The second-order valence-corrected chi connectivity index (χ2v) is 8.57. The van der Waals surface area contributed by atoms with Gasteiger partial charge in [0.25, 0.3) is 0 Å². The molecule has 1 aliphatic rings. The average molecular weight is 501 g/mol.